The first kappa shape index (κ1) is 15.8. The minimum absolute atomic E-state index is 0.180. The molecule has 0 amide bonds. The monoisotopic (exact) mass is 371 g/mol. The van der Waals surface area contributed by atoms with Crippen LogP contribution in [0.2, 0.25) is 0 Å². The fourth-order valence-corrected chi connectivity index (χ4v) is 3.42. The van der Waals surface area contributed by atoms with Crippen LogP contribution in [0.4, 0.5) is 5.69 Å². The Morgan fingerprint density at radius 3 is 2.52 bits per heavy atom. The van der Waals surface area contributed by atoms with Gasteiger partial charge in [-0.1, -0.05) is 40.2 Å². The van der Waals surface area contributed by atoms with E-state index in [4.69, 9.17) is 0 Å². The van der Waals surface area contributed by atoms with E-state index in [0.717, 1.165) is 15.2 Å². The van der Waals surface area contributed by atoms with Gasteiger partial charge < -0.3 is 4.74 Å². The number of carbonyl (C=O) groups is 1. The lowest BCUT2D eigenvalue weighted by atomic mass is 10.1. The third-order valence-corrected chi connectivity index (χ3v) is 4.90. The molecule has 0 bridgehead atoms. The van der Waals surface area contributed by atoms with Crippen molar-refractivity contribution in [1.29, 1.82) is 0 Å². The molecule has 0 aromatic heterocycles. The van der Waals surface area contributed by atoms with Crippen LogP contribution in [0.25, 0.3) is 10.8 Å². The van der Waals surface area contributed by atoms with E-state index in [1.165, 1.54) is 7.11 Å². The molecule has 0 aliphatic carbocycles. The minimum Gasteiger partial charge on any atom is -0.469 e. The zero-order chi connectivity index (χ0) is 15.5. The number of sulfonamides is 1. The molecule has 0 heterocycles. The van der Waals surface area contributed by atoms with Crippen LogP contribution in [0, 0.1) is 0 Å². The number of nitrogens with one attached hydrogen (secondary N) is 1. The number of rotatable bonds is 5. The molecule has 2 aromatic rings. The summed E-state index contributed by atoms with van der Waals surface area (Å²) >= 11 is 3.43. The molecule has 0 saturated heterocycles. The Morgan fingerprint density at radius 2 is 1.86 bits per heavy atom. The van der Waals surface area contributed by atoms with Crippen molar-refractivity contribution in [3.8, 4) is 0 Å². The van der Waals surface area contributed by atoms with Gasteiger partial charge in [0.2, 0.25) is 10.0 Å². The molecule has 0 saturated carbocycles. The average molecular weight is 372 g/mol. The summed E-state index contributed by atoms with van der Waals surface area (Å²) in [5.74, 6) is -0.870. The van der Waals surface area contributed by atoms with Gasteiger partial charge in [0.1, 0.15) is 0 Å². The van der Waals surface area contributed by atoms with Crippen LogP contribution in [0.1, 0.15) is 6.42 Å². The van der Waals surface area contributed by atoms with E-state index in [1.807, 2.05) is 24.3 Å². The summed E-state index contributed by atoms with van der Waals surface area (Å²) in [5.41, 5.74) is 0.485. The Balaban J connectivity index is 2.27. The van der Waals surface area contributed by atoms with Crippen molar-refractivity contribution in [1.82, 2.24) is 0 Å². The van der Waals surface area contributed by atoms with Gasteiger partial charge in [0.15, 0.2) is 0 Å². The van der Waals surface area contributed by atoms with E-state index in [2.05, 4.69) is 25.4 Å². The largest absolute Gasteiger partial charge is 0.469 e. The predicted octanol–water partition coefficient (Wildman–Crippen LogP) is 2.91. The lowest BCUT2D eigenvalue weighted by Crippen LogP contribution is -2.19. The molecular weight excluding hydrogens is 358 g/mol. The number of carbonyl (C=O) groups excluding carboxylic acids is 1. The van der Waals surface area contributed by atoms with Crippen molar-refractivity contribution in [3.63, 3.8) is 0 Å². The Morgan fingerprint density at radius 1 is 1.19 bits per heavy atom. The Labute approximate surface area is 131 Å². The third-order valence-electron chi connectivity index (χ3n) is 2.94. The van der Waals surface area contributed by atoms with E-state index in [-0.39, 0.29) is 12.2 Å². The van der Waals surface area contributed by atoms with E-state index in [1.54, 1.807) is 12.1 Å². The maximum Gasteiger partial charge on any atom is 0.306 e. The first-order chi connectivity index (χ1) is 9.93. The molecule has 1 N–H and O–H groups in total. The highest BCUT2D eigenvalue weighted by Gasteiger charge is 2.15. The maximum atomic E-state index is 12.0. The number of halogens is 1. The first-order valence-electron chi connectivity index (χ1n) is 6.17. The highest BCUT2D eigenvalue weighted by atomic mass is 79.9. The SMILES string of the molecule is COC(=O)CCS(=O)(=O)Nc1ccc(Br)c2ccccc12. The molecule has 0 fully saturated rings. The summed E-state index contributed by atoms with van der Waals surface area (Å²) in [4.78, 5) is 11.0. The fraction of sp³-hybridized carbons (Fsp3) is 0.214. The molecule has 7 heteroatoms. The van der Waals surface area contributed by atoms with E-state index in [0.29, 0.717) is 5.69 Å². The second-order valence-electron chi connectivity index (χ2n) is 4.39. The van der Waals surface area contributed by atoms with Gasteiger partial charge in [0, 0.05) is 9.86 Å². The maximum absolute atomic E-state index is 12.0. The fourth-order valence-electron chi connectivity index (χ4n) is 1.89. The van der Waals surface area contributed by atoms with Crippen LogP contribution in [-0.2, 0) is 19.6 Å². The van der Waals surface area contributed by atoms with Gasteiger partial charge >= 0.3 is 5.97 Å². The van der Waals surface area contributed by atoms with Gasteiger partial charge in [-0.3, -0.25) is 9.52 Å². The van der Waals surface area contributed by atoms with Crippen molar-refractivity contribution in [2.45, 2.75) is 6.42 Å². The van der Waals surface area contributed by atoms with E-state index < -0.39 is 16.0 Å². The predicted molar refractivity (Wildman–Crippen MR) is 85.7 cm³/mol. The van der Waals surface area contributed by atoms with Gasteiger partial charge in [0.25, 0.3) is 0 Å². The summed E-state index contributed by atoms with van der Waals surface area (Å²) in [6.45, 7) is 0. The Hall–Kier alpha value is -1.60. The van der Waals surface area contributed by atoms with Crippen LogP contribution >= 0.6 is 15.9 Å². The van der Waals surface area contributed by atoms with Gasteiger partial charge in [-0.25, -0.2) is 8.42 Å². The third kappa shape index (κ3) is 3.95. The van der Waals surface area contributed by atoms with Crippen molar-refractivity contribution < 1.29 is 17.9 Å². The number of hydrogen-bond acceptors (Lipinski definition) is 4. The van der Waals surface area contributed by atoms with Crippen LogP contribution in [0.3, 0.4) is 0 Å². The van der Waals surface area contributed by atoms with E-state index >= 15 is 0 Å². The Bertz CT molecular complexity index is 774. The lowest BCUT2D eigenvalue weighted by molar-refractivity contribution is -0.140. The topological polar surface area (TPSA) is 72.5 Å². The van der Waals surface area contributed by atoms with Crippen molar-refractivity contribution in [2.24, 2.45) is 0 Å². The van der Waals surface area contributed by atoms with Gasteiger partial charge in [-0.2, -0.15) is 0 Å². The van der Waals surface area contributed by atoms with Gasteiger partial charge in [-0.15, -0.1) is 0 Å². The highest BCUT2D eigenvalue weighted by molar-refractivity contribution is 9.10. The number of methoxy groups -OCH3 is 1. The molecule has 5 nitrogen and oxygen atoms in total. The number of hydrogen-bond donors (Lipinski definition) is 1. The van der Waals surface area contributed by atoms with Crippen LogP contribution < -0.4 is 4.72 Å². The number of esters is 1. The molecule has 2 aromatic carbocycles. The number of benzene rings is 2. The molecule has 0 aliphatic heterocycles. The first-order valence-corrected chi connectivity index (χ1v) is 8.62. The summed E-state index contributed by atoms with van der Waals surface area (Å²) in [6.07, 6.45) is -0.180. The number of ether oxygens (including phenoxy) is 1. The molecular formula is C14H14BrNO4S. The zero-order valence-corrected chi connectivity index (χ0v) is 13.7. The van der Waals surface area contributed by atoms with Crippen molar-refractivity contribution in [3.05, 3.63) is 40.9 Å². The van der Waals surface area contributed by atoms with Gasteiger partial charge in [0.05, 0.1) is 25.0 Å². The molecule has 0 unspecified atom stereocenters. The average Bonchev–Trinajstić information content (AvgIpc) is 2.48. The summed E-state index contributed by atoms with van der Waals surface area (Å²) in [7, 11) is -2.38. The highest BCUT2D eigenvalue weighted by Crippen LogP contribution is 2.30. The standard InChI is InChI=1S/C14H14BrNO4S/c1-20-14(17)8-9-21(18,19)16-13-7-6-12(15)10-4-2-3-5-11(10)13/h2-7,16H,8-9H2,1H3. The molecule has 0 atom stereocenters. The molecule has 0 radical (unpaired) electrons. The Kier molecular flexibility index (Phi) is 4.84. The molecule has 112 valence electrons. The smallest absolute Gasteiger partial charge is 0.306 e. The zero-order valence-electron chi connectivity index (χ0n) is 11.3. The van der Waals surface area contributed by atoms with Crippen molar-refractivity contribution >= 4 is 48.4 Å². The lowest BCUT2D eigenvalue weighted by Gasteiger charge is -2.11. The summed E-state index contributed by atoms with van der Waals surface area (Å²) < 4.78 is 31.9. The molecule has 2 rings (SSSR count). The number of fused-ring (bicyclic) bond motifs is 1. The quantitative estimate of drug-likeness (QED) is 0.820. The molecule has 0 aliphatic rings. The second-order valence-corrected chi connectivity index (χ2v) is 7.08. The second kappa shape index (κ2) is 6.44. The van der Waals surface area contributed by atoms with Crippen LogP contribution in [0.15, 0.2) is 40.9 Å². The molecule has 21 heavy (non-hydrogen) atoms. The van der Waals surface area contributed by atoms with Gasteiger partial charge in [-0.05, 0) is 17.5 Å². The normalized spacial score (nSPS) is 11.3. The van der Waals surface area contributed by atoms with Crippen LogP contribution in [0.5, 0.6) is 0 Å². The van der Waals surface area contributed by atoms with Crippen LogP contribution in [-0.4, -0.2) is 27.2 Å². The molecule has 0 spiro atoms. The summed E-state index contributed by atoms with van der Waals surface area (Å²) in [5, 5.41) is 1.69. The number of anilines is 1. The van der Waals surface area contributed by atoms with E-state index in [9.17, 15) is 13.2 Å². The minimum atomic E-state index is -3.61. The van der Waals surface area contributed by atoms with Crippen molar-refractivity contribution in [2.75, 3.05) is 17.6 Å². The summed E-state index contributed by atoms with van der Waals surface area (Å²) in [6, 6.07) is 10.9.